The lowest BCUT2D eigenvalue weighted by atomic mass is 9.93. The molecular formula is C21H17F2N3O3S. The number of rotatable bonds is 4. The van der Waals surface area contributed by atoms with Crippen LogP contribution in [0.2, 0.25) is 0 Å². The highest BCUT2D eigenvalue weighted by molar-refractivity contribution is 7.12. The van der Waals surface area contributed by atoms with E-state index in [1.807, 2.05) is 0 Å². The molecule has 2 N–H and O–H groups in total. The Bertz CT molecular complexity index is 1150. The Kier molecular flexibility index (Phi) is 5.45. The summed E-state index contributed by atoms with van der Waals surface area (Å²) >= 11 is 1.31. The number of thiophene rings is 1. The Balaban J connectivity index is 1.58. The molecule has 0 unspecified atom stereocenters. The summed E-state index contributed by atoms with van der Waals surface area (Å²) in [7, 11) is 0. The number of benzene rings is 1. The number of hydrogen-bond donors (Lipinski definition) is 2. The molecule has 0 saturated carbocycles. The van der Waals surface area contributed by atoms with Crippen molar-refractivity contribution in [1.29, 1.82) is 0 Å². The molecule has 154 valence electrons. The highest BCUT2D eigenvalue weighted by Gasteiger charge is 2.28. The summed E-state index contributed by atoms with van der Waals surface area (Å²) < 4.78 is 32.7. The highest BCUT2D eigenvalue weighted by atomic mass is 32.1. The van der Waals surface area contributed by atoms with Gasteiger partial charge in [0.25, 0.3) is 11.8 Å². The van der Waals surface area contributed by atoms with Gasteiger partial charge in [-0.05, 0) is 43.3 Å². The van der Waals surface area contributed by atoms with Gasteiger partial charge in [-0.2, -0.15) is 5.10 Å². The number of aryl methyl sites for hydroxylation is 1. The largest absolute Gasteiger partial charge is 0.455 e. The molecule has 0 aliphatic heterocycles. The molecule has 3 aromatic rings. The van der Waals surface area contributed by atoms with Crippen molar-refractivity contribution in [1.82, 2.24) is 5.43 Å². The number of amides is 2. The second-order valence-corrected chi connectivity index (χ2v) is 7.71. The maximum absolute atomic E-state index is 13.9. The van der Waals surface area contributed by atoms with Gasteiger partial charge in [0.05, 0.1) is 16.3 Å². The Morgan fingerprint density at radius 1 is 1.17 bits per heavy atom. The normalized spacial score (nSPS) is 14.4. The SMILES string of the molecule is Cc1c(C(=O)Nc2ccc(F)cc2F)oc2c1/C(=N/NC(=O)c1cccs1)CCC2. The first-order valence-electron chi connectivity index (χ1n) is 9.23. The van der Waals surface area contributed by atoms with Crippen molar-refractivity contribution in [3.8, 4) is 0 Å². The van der Waals surface area contributed by atoms with Gasteiger partial charge < -0.3 is 9.73 Å². The first kappa shape index (κ1) is 20.0. The van der Waals surface area contributed by atoms with Crippen LogP contribution in [-0.4, -0.2) is 17.5 Å². The van der Waals surface area contributed by atoms with Gasteiger partial charge in [0.1, 0.15) is 17.4 Å². The minimum atomic E-state index is -0.879. The molecule has 9 heteroatoms. The third-order valence-corrected chi connectivity index (χ3v) is 5.62. The maximum Gasteiger partial charge on any atom is 0.291 e. The number of hydrogen-bond acceptors (Lipinski definition) is 5. The average Bonchev–Trinajstić information content (AvgIpc) is 3.37. The number of furan rings is 1. The predicted octanol–water partition coefficient (Wildman–Crippen LogP) is 4.65. The number of carbonyl (C=O) groups excluding carboxylic acids is 2. The molecule has 2 amide bonds. The van der Waals surface area contributed by atoms with E-state index in [-0.39, 0.29) is 17.4 Å². The lowest BCUT2D eigenvalue weighted by Crippen LogP contribution is -2.21. The van der Waals surface area contributed by atoms with E-state index < -0.39 is 17.5 Å². The second-order valence-electron chi connectivity index (χ2n) is 6.76. The van der Waals surface area contributed by atoms with E-state index in [0.29, 0.717) is 46.4 Å². The average molecular weight is 429 g/mol. The number of carbonyl (C=O) groups is 2. The number of anilines is 1. The number of hydrazone groups is 1. The monoisotopic (exact) mass is 429 g/mol. The van der Waals surface area contributed by atoms with Gasteiger partial charge in [0.15, 0.2) is 5.76 Å². The first-order chi connectivity index (χ1) is 14.4. The lowest BCUT2D eigenvalue weighted by molar-refractivity contribution is 0.0957. The minimum absolute atomic E-state index is 0.0305. The van der Waals surface area contributed by atoms with Crippen molar-refractivity contribution >= 4 is 34.6 Å². The molecule has 0 bridgehead atoms. The predicted molar refractivity (Wildman–Crippen MR) is 109 cm³/mol. The Labute approximate surface area is 174 Å². The molecular weight excluding hydrogens is 412 g/mol. The van der Waals surface area contributed by atoms with Crippen LogP contribution in [0.3, 0.4) is 0 Å². The lowest BCUT2D eigenvalue weighted by Gasteiger charge is -2.13. The van der Waals surface area contributed by atoms with Crippen molar-refractivity contribution in [2.45, 2.75) is 26.2 Å². The number of nitrogens with zero attached hydrogens (tertiary/aromatic N) is 1. The molecule has 0 atom stereocenters. The van der Waals surface area contributed by atoms with Crippen LogP contribution in [0.1, 0.15) is 50.0 Å². The van der Waals surface area contributed by atoms with Crippen LogP contribution >= 0.6 is 11.3 Å². The third kappa shape index (κ3) is 3.88. The summed E-state index contributed by atoms with van der Waals surface area (Å²) in [6.07, 6.45) is 1.99. The summed E-state index contributed by atoms with van der Waals surface area (Å²) in [5.74, 6) is -1.95. The van der Waals surface area contributed by atoms with Crippen LogP contribution in [0.25, 0.3) is 0 Å². The smallest absolute Gasteiger partial charge is 0.291 e. The quantitative estimate of drug-likeness (QED) is 0.592. The van der Waals surface area contributed by atoms with E-state index in [1.54, 1.807) is 24.4 Å². The molecule has 1 aliphatic rings. The van der Waals surface area contributed by atoms with Gasteiger partial charge in [-0.3, -0.25) is 9.59 Å². The fourth-order valence-electron chi connectivity index (χ4n) is 3.35. The molecule has 0 spiro atoms. The zero-order valence-electron chi connectivity index (χ0n) is 15.9. The molecule has 0 saturated heterocycles. The third-order valence-electron chi connectivity index (χ3n) is 4.75. The van der Waals surface area contributed by atoms with Crippen molar-refractivity contribution in [2.24, 2.45) is 5.10 Å². The van der Waals surface area contributed by atoms with E-state index in [9.17, 15) is 18.4 Å². The molecule has 4 rings (SSSR count). The van der Waals surface area contributed by atoms with E-state index in [4.69, 9.17) is 4.42 Å². The Hall–Kier alpha value is -3.33. The minimum Gasteiger partial charge on any atom is -0.455 e. The van der Waals surface area contributed by atoms with Gasteiger partial charge in [0, 0.05) is 23.6 Å². The van der Waals surface area contributed by atoms with Crippen molar-refractivity contribution in [3.63, 3.8) is 0 Å². The summed E-state index contributed by atoms with van der Waals surface area (Å²) in [5.41, 5.74) is 4.25. The topological polar surface area (TPSA) is 83.7 Å². The number of fused-ring (bicyclic) bond motifs is 1. The fourth-order valence-corrected chi connectivity index (χ4v) is 3.96. The molecule has 30 heavy (non-hydrogen) atoms. The molecule has 2 aromatic heterocycles. The molecule has 2 heterocycles. The first-order valence-corrected chi connectivity index (χ1v) is 10.1. The van der Waals surface area contributed by atoms with E-state index >= 15 is 0 Å². The fraction of sp³-hybridized carbons (Fsp3) is 0.190. The van der Waals surface area contributed by atoms with Gasteiger partial charge in [-0.1, -0.05) is 6.07 Å². The molecule has 0 radical (unpaired) electrons. The standard InChI is InChI=1S/C21H17F2N3O3S/c1-11-18-15(25-26-20(27)17-6-3-9-30-17)4-2-5-16(18)29-19(11)21(28)24-14-8-7-12(22)10-13(14)23/h3,6-10H,2,4-5H2,1H3,(H,24,28)(H,26,27)/b25-15+. The maximum atomic E-state index is 13.9. The van der Waals surface area contributed by atoms with Crippen LogP contribution in [0.5, 0.6) is 0 Å². The molecule has 0 fully saturated rings. The van der Waals surface area contributed by atoms with Gasteiger partial charge in [-0.15, -0.1) is 11.3 Å². The van der Waals surface area contributed by atoms with Crippen LogP contribution in [-0.2, 0) is 6.42 Å². The Morgan fingerprint density at radius 2 is 2.00 bits per heavy atom. The van der Waals surface area contributed by atoms with Gasteiger partial charge >= 0.3 is 0 Å². The van der Waals surface area contributed by atoms with E-state index in [1.165, 1.54) is 11.3 Å². The van der Waals surface area contributed by atoms with Crippen LogP contribution in [0.4, 0.5) is 14.5 Å². The zero-order chi connectivity index (χ0) is 21.3. The molecule has 1 aliphatic carbocycles. The van der Waals surface area contributed by atoms with E-state index in [2.05, 4.69) is 15.8 Å². The second kappa shape index (κ2) is 8.19. The number of halogens is 2. The summed E-state index contributed by atoms with van der Waals surface area (Å²) in [4.78, 5) is 25.3. The molecule has 1 aromatic carbocycles. The highest BCUT2D eigenvalue weighted by Crippen LogP contribution is 2.30. The summed E-state index contributed by atoms with van der Waals surface area (Å²) in [6, 6.07) is 6.37. The van der Waals surface area contributed by atoms with Crippen molar-refractivity contribution in [3.05, 3.63) is 74.9 Å². The zero-order valence-corrected chi connectivity index (χ0v) is 16.7. The molecule has 6 nitrogen and oxygen atoms in total. The van der Waals surface area contributed by atoms with Gasteiger partial charge in [-0.25, -0.2) is 14.2 Å². The summed E-state index contributed by atoms with van der Waals surface area (Å²) in [6.45, 7) is 1.71. The van der Waals surface area contributed by atoms with E-state index in [0.717, 1.165) is 18.6 Å². The summed E-state index contributed by atoms with van der Waals surface area (Å²) in [5, 5.41) is 8.46. The van der Waals surface area contributed by atoms with Crippen LogP contribution in [0, 0.1) is 18.6 Å². The van der Waals surface area contributed by atoms with Crippen LogP contribution < -0.4 is 10.7 Å². The van der Waals surface area contributed by atoms with Crippen LogP contribution in [0.15, 0.2) is 45.2 Å². The van der Waals surface area contributed by atoms with Gasteiger partial charge in [0.2, 0.25) is 0 Å². The van der Waals surface area contributed by atoms with Crippen molar-refractivity contribution < 1.29 is 22.8 Å². The van der Waals surface area contributed by atoms with Crippen molar-refractivity contribution in [2.75, 3.05) is 5.32 Å². The Morgan fingerprint density at radius 3 is 2.73 bits per heavy atom. The number of nitrogens with one attached hydrogen (secondary N) is 2.